The molecule has 0 aromatic heterocycles. The Morgan fingerprint density at radius 3 is 2.46 bits per heavy atom. The molecular weight excluding hydrogens is 348 g/mol. The minimum absolute atomic E-state index is 0. The molecule has 1 unspecified atom stereocenters. The second kappa shape index (κ2) is 8.62. The van der Waals surface area contributed by atoms with E-state index in [9.17, 15) is 4.79 Å². The van der Waals surface area contributed by atoms with Gasteiger partial charge in [-0.25, -0.2) is 0 Å². The van der Waals surface area contributed by atoms with E-state index in [-0.39, 0.29) is 18.3 Å². The first kappa shape index (κ1) is 21.0. The Labute approximate surface area is 164 Å². The Hall–Kier alpha value is -1.26. The van der Waals surface area contributed by atoms with Crippen LogP contribution in [0.15, 0.2) is 18.2 Å². The number of nitrogens with one attached hydrogen (secondary N) is 1. The molecule has 1 aromatic carbocycles. The molecule has 2 aliphatic heterocycles. The quantitative estimate of drug-likeness (QED) is 0.861. The lowest BCUT2D eigenvalue weighted by Gasteiger charge is -2.39. The van der Waals surface area contributed by atoms with Crippen molar-refractivity contribution < 1.29 is 9.53 Å². The van der Waals surface area contributed by atoms with Crippen LogP contribution in [0.5, 0.6) is 5.75 Å². The third-order valence-corrected chi connectivity index (χ3v) is 5.91. The van der Waals surface area contributed by atoms with Crippen molar-refractivity contribution in [2.45, 2.75) is 59.0 Å². The molecule has 0 bridgehead atoms. The highest BCUT2D eigenvalue weighted by Gasteiger charge is 2.39. The maximum absolute atomic E-state index is 12.9. The van der Waals surface area contributed by atoms with Crippen LogP contribution in [0.3, 0.4) is 0 Å². The molecule has 1 spiro atoms. The van der Waals surface area contributed by atoms with E-state index in [2.05, 4.69) is 44.3 Å². The lowest BCUT2D eigenvalue weighted by Crippen LogP contribution is -2.48. The maximum Gasteiger partial charge on any atom is 0.263 e. The monoisotopic (exact) mass is 380 g/mol. The van der Waals surface area contributed by atoms with Crippen molar-refractivity contribution in [2.24, 2.45) is 5.41 Å². The molecule has 2 aliphatic rings. The number of halogens is 1. The van der Waals surface area contributed by atoms with Gasteiger partial charge >= 0.3 is 0 Å². The molecule has 1 N–H and O–H groups in total. The van der Waals surface area contributed by atoms with E-state index in [4.69, 9.17) is 4.74 Å². The van der Waals surface area contributed by atoms with Crippen molar-refractivity contribution in [3.05, 3.63) is 29.3 Å². The van der Waals surface area contributed by atoms with Gasteiger partial charge in [0.1, 0.15) is 5.75 Å². The lowest BCUT2D eigenvalue weighted by atomic mass is 9.78. The zero-order valence-corrected chi connectivity index (χ0v) is 17.3. The minimum atomic E-state index is -0.435. The fourth-order valence-corrected chi connectivity index (χ4v) is 4.14. The van der Waals surface area contributed by atoms with Gasteiger partial charge in [0.05, 0.1) is 0 Å². The number of carbonyl (C=O) groups excluding carboxylic acids is 1. The third kappa shape index (κ3) is 4.52. The normalized spacial score (nSPS) is 20.1. The van der Waals surface area contributed by atoms with Gasteiger partial charge in [-0.1, -0.05) is 26.0 Å². The molecule has 0 saturated carbocycles. The van der Waals surface area contributed by atoms with E-state index < -0.39 is 6.10 Å². The minimum Gasteiger partial charge on any atom is -0.481 e. The van der Waals surface area contributed by atoms with E-state index in [0.717, 1.165) is 50.3 Å². The molecule has 2 saturated heterocycles. The van der Waals surface area contributed by atoms with E-state index in [1.54, 1.807) is 0 Å². The smallest absolute Gasteiger partial charge is 0.263 e. The number of amides is 1. The lowest BCUT2D eigenvalue weighted by molar-refractivity contribution is -0.140. The zero-order chi connectivity index (χ0) is 18.0. The average Bonchev–Trinajstić information content (AvgIpc) is 3.03. The van der Waals surface area contributed by atoms with Crippen LogP contribution in [0.25, 0.3) is 0 Å². The number of nitrogens with zero attached hydrogens (tertiary/aromatic N) is 1. The molecule has 1 amide bonds. The van der Waals surface area contributed by atoms with E-state index in [1.165, 1.54) is 12.0 Å². The summed E-state index contributed by atoms with van der Waals surface area (Å²) in [6, 6.07) is 6.27. The predicted molar refractivity (Wildman–Crippen MR) is 108 cm³/mol. The van der Waals surface area contributed by atoms with Gasteiger partial charge in [-0.15, -0.1) is 12.4 Å². The number of piperidine rings is 1. The van der Waals surface area contributed by atoms with Crippen LogP contribution < -0.4 is 10.1 Å². The van der Waals surface area contributed by atoms with E-state index >= 15 is 0 Å². The van der Waals surface area contributed by atoms with Gasteiger partial charge in [-0.2, -0.15) is 0 Å². The fraction of sp³-hybridized carbons (Fsp3) is 0.667. The fourth-order valence-electron chi connectivity index (χ4n) is 4.14. The summed E-state index contributed by atoms with van der Waals surface area (Å²) in [4.78, 5) is 14.9. The summed E-state index contributed by atoms with van der Waals surface area (Å²) in [6.45, 7) is 12.2. The summed E-state index contributed by atoms with van der Waals surface area (Å²) in [6.07, 6.45) is 3.04. The second-order valence-corrected chi connectivity index (χ2v) is 8.21. The van der Waals surface area contributed by atoms with E-state index in [0.29, 0.717) is 11.3 Å². The molecule has 1 aromatic rings. The summed E-state index contributed by atoms with van der Waals surface area (Å²) < 4.78 is 6.12. The number of hydrogen-bond donors (Lipinski definition) is 1. The standard InChI is InChI=1S/C21H32N2O2.ClH/c1-15(2)18-6-5-16(3)13-19(18)25-17(4)20(24)23-11-8-21(9-12-23)7-10-22-14-21;/h5-6,13,15,17,22H,7-12,14H2,1-4H3;1H. The first-order valence-electron chi connectivity index (χ1n) is 9.67. The van der Waals surface area contributed by atoms with Crippen molar-refractivity contribution >= 4 is 18.3 Å². The third-order valence-electron chi connectivity index (χ3n) is 5.91. The largest absolute Gasteiger partial charge is 0.481 e. The number of benzene rings is 1. The van der Waals surface area contributed by atoms with Crippen LogP contribution >= 0.6 is 12.4 Å². The van der Waals surface area contributed by atoms with Crippen LogP contribution in [-0.2, 0) is 4.79 Å². The first-order valence-corrected chi connectivity index (χ1v) is 9.67. The molecule has 4 nitrogen and oxygen atoms in total. The van der Waals surface area contributed by atoms with Crippen molar-refractivity contribution in [2.75, 3.05) is 26.2 Å². The summed E-state index contributed by atoms with van der Waals surface area (Å²) in [5.41, 5.74) is 2.76. The van der Waals surface area contributed by atoms with Crippen molar-refractivity contribution in [3.8, 4) is 5.75 Å². The Kier molecular flexibility index (Phi) is 6.98. The zero-order valence-electron chi connectivity index (χ0n) is 16.5. The Morgan fingerprint density at radius 1 is 1.19 bits per heavy atom. The molecule has 146 valence electrons. The average molecular weight is 381 g/mol. The highest BCUT2D eigenvalue weighted by molar-refractivity contribution is 5.85. The SMILES string of the molecule is Cc1ccc(C(C)C)c(OC(C)C(=O)N2CCC3(CCNC3)CC2)c1.Cl. The summed E-state index contributed by atoms with van der Waals surface area (Å²) in [5, 5.41) is 3.48. The van der Waals surface area contributed by atoms with E-state index in [1.807, 2.05) is 11.8 Å². The number of hydrogen-bond acceptors (Lipinski definition) is 3. The van der Waals surface area contributed by atoms with Crippen molar-refractivity contribution in [1.29, 1.82) is 0 Å². The molecule has 0 aliphatic carbocycles. The predicted octanol–water partition coefficient (Wildman–Crippen LogP) is 3.91. The van der Waals surface area contributed by atoms with Gasteiger partial charge in [0.25, 0.3) is 5.91 Å². The number of ether oxygens (including phenoxy) is 1. The molecule has 3 rings (SSSR count). The summed E-state index contributed by atoms with van der Waals surface area (Å²) in [5.74, 6) is 1.35. The maximum atomic E-state index is 12.9. The van der Waals surface area contributed by atoms with Gasteiger partial charge in [-0.05, 0) is 68.2 Å². The van der Waals surface area contributed by atoms with Gasteiger partial charge in [0.2, 0.25) is 0 Å². The number of carbonyl (C=O) groups is 1. The topological polar surface area (TPSA) is 41.6 Å². The molecule has 1 atom stereocenters. The van der Waals surface area contributed by atoms with Crippen LogP contribution in [0.1, 0.15) is 57.1 Å². The second-order valence-electron chi connectivity index (χ2n) is 8.21. The van der Waals surface area contributed by atoms with Gasteiger partial charge in [0.15, 0.2) is 6.10 Å². The summed E-state index contributed by atoms with van der Waals surface area (Å²) >= 11 is 0. The highest BCUT2D eigenvalue weighted by atomic mass is 35.5. The van der Waals surface area contributed by atoms with Crippen LogP contribution in [0.2, 0.25) is 0 Å². The Bertz CT molecular complexity index is 616. The molecule has 26 heavy (non-hydrogen) atoms. The number of rotatable bonds is 4. The molecule has 2 heterocycles. The van der Waals surface area contributed by atoms with Crippen LogP contribution in [-0.4, -0.2) is 43.1 Å². The van der Waals surface area contributed by atoms with Crippen molar-refractivity contribution in [3.63, 3.8) is 0 Å². The van der Waals surface area contributed by atoms with Crippen LogP contribution in [0, 0.1) is 12.3 Å². The van der Waals surface area contributed by atoms with Gasteiger partial charge in [0, 0.05) is 19.6 Å². The Morgan fingerprint density at radius 2 is 1.88 bits per heavy atom. The highest BCUT2D eigenvalue weighted by Crippen LogP contribution is 2.37. The molecule has 5 heteroatoms. The van der Waals surface area contributed by atoms with Gasteiger partial charge in [-0.3, -0.25) is 4.79 Å². The first-order chi connectivity index (χ1) is 11.9. The van der Waals surface area contributed by atoms with Crippen molar-refractivity contribution in [1.82, 2.24) is 10.2 Å². The number of likely N-dealkylation sites (tertiary alicyclic amines) is 1. The molecular formula is C21H33ClN2O2. The number of aryl methyl sites for hydroxylation is 1. The molecule has 2 fully saturated rings. The molecule has 0 radical (unpaired) electrons. The van der Waals surface area contributed by atoms with Crippen LogP contribution in [0.4, 0.5) is 0 Å². The Balaban J connectivity index is 0.00000243. The summed E-state index contributed by atoms with van der Waals surface area (Å²) in [7, 11) is 0. The van der Waals surface area contributed by atoms with Gasteiger partial charge < -0.3 is 15.0 Å².